The number of carbonyl (C=O) groups is 1. The van der Waals surface area contributed by atoms with Gasteiger partial charge in [0.05, 0.1) is 10.5 Å². The van der Waals surface area contributed by atoms with Crippen LogP contribution in [0.3, 0.4) is 0 Å². The zero-order valence-corrected chi connectivity index (χ0v) is 19.9. The quantitative estimate of drug-likeness (QED) is 0.532. The zero-order valence-electron chi connectivity index (χ0n) is 19.1. The van der Waals surface area contributed by atoms with E-state index in [0.29, 0.717) is 13.3 Å². The lowest BCUT2D eigenvalue weighted by atomic mass is 10.00. The number of benzene rings is 1. The Morgan fingerprint density at radius 2 is 1.89 bits per heavy atom. The van der Waals surface area contributed by atoms with Crippen LogP contribution in [0, 0.1) is 5.92 Å². The Morgan fingerprint density at radius 1 is 1.20 bits per heavy atom. The maximum absolute atomic E-state index is 13.7. The molecule has 1 saturated heterocycles. The van der Waals surface area contributed by atoms with Gasteiger partial charge in [-0.05, 0) is 49.6 Å². The van der Waals surface area contributed by atoms with E-state index in [1.54, 1.807) is 0 Å². The third-order valence-corrected chi connectivity index (χ3v) is 7.72. The SMILES string of the molecule is CC(Oc1ccc(S(C)(=O)=O)cc1C(=O)N1CC2CC2(c2cccc(C(F)(F)F)n2)C1)C(C)(F)F. The van der Waals surface area contributed by atoms with Crippen LogP contribution >= 0.6 is 0 Å². The number of rotatable bonds is 6. The van der Waals surface area contributed by atoms with Gasteiger partial charge < -0.3 is 9.64 Å². The molecule has 2 heterocycles. The molecule has 35 heavy (non-hydrogen) atoms. The van der Waals surface area contributed by atoms with Crippen molar-refractivity contribution in [2.24, 2.45) is 5.92 Å². The molecule has 2 aromatic rings. The Labute approximate surface area is 199 Å². The van der Waals surface area contributed by atoms with Crippen LogP contribution in [0.1, 0.15) is 42.0 Å². The molecule has 4 rings (SSSR count). The second kappa shape index (κ2) is 8.14. The van der Waals surface area contributed by atoms with E-state index in [1.807, 2.05) is 0 Å². The summed E-state index contributed by atoms with van der Waals surface area (Å²) in [4.78, 5) is 18.4. The summed E-state index contributed by atoms with van der Waals surface area (Å²) in [5.41, 5.74) is -1.74. The van der Waals surface area contributed by atoms with E-state index < -0.39 is 45.1 Å². The van der Waals surface area contributed by atoms with Gasteiger partial charge in [0.15, 0.2) is 15.9 Å². The van der Waals surface area contributed by atoms with Crippen molar-refractivity contribution in [3.8, 4) is 5.75 Å². The predicted molar refractivity (Wildman–Crippen MR) is 115 cm³/mol. The summed E-state index contributed by atoms with van der Waals surface area (Å²) >= 11 is 0. The first-order chi connectivity index (χ1) is 16.0. The molecule has 1 aromatic heterocycles. The van der Waals surface area contributed by atoms with Crippen molar-refractivity contribution in [1.29, 1.82) is 0 Å². The molecule has 0 N–H and O–H groups in total. The number of amides is 1. The molecule has 1 amide bonds. The Hall–Kier alpha value is -2.76. The van der Waals surface area contributed by atoms with Crippen molar-refractivity contribution in [2.75, 3.05) is 19.3 Å². The van der Waals surface area contributed by atoms with E-state index in [9.17, 15) is 35.2 Å². The molecule has 0 bridgehead atoms. The van der Waals surface area contributed by atoms with E-state index in [0.717, 1.165) is 37.4 Å². The fraction of sp³-hybridized carbons (Fsp3) is 0.478. The van der Waals surface area contributed by atoms with E-state index in [1.165, 1.54) is 17.0 Å². The molecule has 2 fully saturated rings. The van der Waals surface area contributed by atoms with Gasteiger partial charge in [-0.2, -0.15) is 13.2 Å². The van der Waals surface area contributed by atoms with Crippen LogP contribution in [0.15, 0.2) is 41.3 Å². The number of nitrogens with zero attached hydrogens (tertiary/aromatic N) is 2. The number of hydrogen-bond acceptors (Lipinski definition) is 5. The number of carbonyl (C=O) groups excluding carboxylic acids is 1. The first-order valence-corrected chi connectivity index (χ1v) is 12.6. The molecule has 0 spiro atoms. The molecule has 0 radical (unpaired) electrons. The van der Waals surface area contributed by atoms with Gasteiger partial charge in [0.2, 0.25) is 0 Å². The normalized spacial score (nSPS) is 23.1. The van der Waals surface area contributed by atoms with Crippen molar-refractivity contribution < 1.29 is 39.9 Å². The summed E-state index contributed by atoms with van der Waals surface area (Å²) in [6, 6.07) is 7.04. The maximum Gasteiger partial charge on any atom is 0.433 e. The molecule has 190 valence electrons. The number of hydrogen-bond donors (Lipinski definition) is 0. The lowest BCUT2D eigenvalue weighted by molar-refractivity contribution is -0.141. The third kappa shape index (κ3) is 4.85. The highest BCUT2D eigenvalue weighted by molar-refractivity contribution is 7.90. The summed E-state index contributed by atoms with van der Waals surface area (Å²) in [6.45, 7) is 2.05. The predicted octanol–water partition coefficient (Wildman–Crippen LogP) is 4.34. The van der Waals surface area contributed by atoms with Crippen molar-refractivity contribution in [1.82, 2.24) is 9.88 Å². The van der Waals surface area contributed by atoms with Crippen LogP contribution < -0.4 is 4.74 Å². The topological polar surface area (TPSA) is 76.6 Å². The molecule has 3 atom stereocenters. The zero-order chi connectivity index (χ0) is 26.0. The number of ether oxygens (including phenoxy) is 1. The van der Waals surface area contributed by atoms with Gasteiger partial charge in [0, 0.05) is 37.4 Å². The number of alkyl halides is 5. The largest absolute Gasteiger partial charge is 0.484 e. The van der Waals surface area contributed by atoms with E-state index in [2.05, 4.69) is 4.98 Å². The molecular formula is C23H23F5N2O4S. The van der Waals surface area contributed by atoms with Crippen LogP contribution in [-0.2, 0) is 21.4 Å². The molecule has 3 unspecified atom stereocenters. The number of likely N-dealkylation sites (tertiary alicyclic amines) is 1. The van der Waals surface area contributed by atoms with Crippen LogP contribution in [0.4, 0.5) is 22.0 Å². The molecule has 1 aromatic carbocycles. The Morgan fingerprint density at radius 3 is 2.49 bits per heavy atom. The highest BCUT2D eigenvalue weighted by atomic mass is 32.2. The first kappa shape index (κ1) is 25.3. The lowest BCUT2D eigenvalue weighted by Crippen LogP contribution is -2.35. The van der Waals surface area contributed by atoms with Gasteiger partial charge in [0.25, 0.3) is 11.8 Å². The van der Waals surface area contributed by atoms with E-state index in [4.69, 9.17) is 4.74 Å². The van der Waals surface area contributed by atoms with Crippen LogP contribution in [-0.4, -0.2) is 55.6 Å². The average Bonchev–Trinajstić information content (AvgIpc) is 3.32. The summed E-state index contributed by atoms with van der Waals surface area (Å²) in [5.74, 6) is -4.22. The minimum absolute atomic E-state index is 0.0623. The number of halogens is 5. The standard InChI is InChI=1S/C23H23F5N2O4S/c1-13(21(2,24)25)34-17-8-7-15(35(3,32)33)9-16(17)20(31)30-11-14-10-22(14,12-30)18-5-4-6-19(29-18)23(26,27)28/h4-9,13-14H,10-12H2,1-3H3. The molecule has 1 aliphatic heterocycles. The second-order valence-electron chi connectivity index (χ2n) is 9.30. The van der Waals surface area contributed by atoms with Gasteiger partial charge >= 0.3 is 6.18 Å². The Balaban J connectivity index is 1.65. The number of pyridine rings is 1. The molecule has 1 saturated carbocycles. The van der Waals surface area contributed by atoms with E-state index >= 15 is 0 Å². The molecule has 1 aliphatic carbocycles. The van der Waals surface area contributed by atoms with Gasteiger partial charge in [0.1, 0.15) is 11.4 Å². The smallest absolute Gasteiger partial charge is 0.433 e. The molecule has 6 nitrogen and oxygen atoms in total. The fourth-order valence-electron chi connectivity index (χ4n) is 4.38. The van der Waals surface area contributed by atoms with Crippen molar-refractivity contribution in [3.05, 3.63) is 53.3 Å². The van der Waals surface area contributed by atoms with Gasteiger partial charge in [-0.3, -0.25) is 4.79 Å². The third-order valence-electron chi connectivity index (χ3n) is 6.61. The molecule has 12 heteroatoms. The van der Waals surface area contributed by atoms with Gasteiger partial charge in [-0.15, -0.1) is 0 Å². The number of aromatic nitrogens is 1. The van der Waals surface area contributed by atoms with Crippen LogP contribution in [0.25, 0.3) is 0 Å². The number of piperidine rings is 1. The minimum atomic E-state index is -4.61. The summed E-state index contributed by atoms with van der Waals surface area (Å²) < 4.78 is 96.3. The summed E-state index contributed by atoms with van der Waals surface area (Å²) in [6.07, 6.45) is -4.72. The second-order valence-corrected chi connectivity index (χ2v) is 11.3. The van der Waals surface area contributed by atoms with Crippen LogP contribution in [0.5, 0.6) is 5.75 Å². The Kier molecular flexibility index (Phi) is 5.89. The lowest BCUT2D eigenvalue weighted by Gasteiger charge is -2.25. The van der Waals surface area contributed by atoms with Gasteiger partial charge in [-0.25, -0.2) is 22.2 Å². The Bertz CT molecular complexity index is 1280. The van der Waals surface area contributed by atoms with E-state index in [-0.39, 0.29) is 40.9 Å². The summed E-state index contributed by atoms with van der Waals surface area (Å²) in [5, 5.41) is 0. The van der Waals surface area contributed by atoms with Crippen molar-refractivity contribution >= 4 is 15.7 Å². The number of sulfone groups is 1. The van der Waals surface area contributed by atoms with Crippen molar-refractivity contribution in [3.63, 3.8) is 0 Å². The maximum atomic E-state index is 13.7. The fourth-order valence-corrected chi connectivity index (χ4v) is 5.03. The molecular weight excluding hydrogens is 495 g/mol. The summed E-state index contributed by atoms with van der Waals surface area (Å²) in [7, 11) is -3.72. The van der Waals surface area contributed by atoms with Crippen molar-refractivity contribution in [2.45, 2.75) is 48.8 Å². The van der Waals surface area contributed by atoms with Gasteiger partial charge in [-0.1, -0.05) is 6.07 Å². The highest BCUT2D eigenvalue weighted by Gasteiger charge is 2.63. The minimum Gasteiger partial charge on any atom is -0.484 e. The monoisotopic (exact) mass is 518 g/mol. The average molecular weight is 519 g/mol. The number of fused-ring (bicyclic) bond motifs is 1. The highest BCUT2D eigenvalue weighted by Crippen LogP contribution is 2.59. The van der Waals surface area contributed by atoms with Crippen LogP contribution in [0.2, 0.25) is 0 Å². The first-order valence-electron chi connectivity index (χ1n) is 10.7. The molecule has 2 aliphatic rings.